The normalized spacial score (nSPS) is 18.0. The second kappa shape index (κ2) is 6.97. The molecule has 1 aromatic heterocycles. The first-order valence-corrected chi connectivity index (χ1v) is 8.94. The summed E-state index contributed by atoms with van der Waals surface area (Å²) in [5, 5.41) is 0. The molecule has 0 radical (unpaired) electrons. The van der Waals surface area contributed by atoms with E-state index in [9.17, 15) is 4.79 Å². The molecule has 1 unspecified atom stereocenters. The number of pyridine rings is 1. The van der Waals surface area contributed by atoms with Crippen molar-refractivity contribution in [1.82, 2.24) is 4.98 Å². The fourth-order valence-electron chi connectivity index (χ4n) is 2.90. The third-order valence-electron chi connectivity index (χ3n) is 3.97. The summed E-state index contributed by atoms with van der Waals surface area (Å²) in [5.41, 5.74) is 3.33. The van der Waals surface area contributed by atoms with E-state index in [1.165, 1.54) is 5.56 Å². The second-order valence-electron chi connectivity index (χ2n) is 5.70. The first kappa shape index (κ1) is 15.1. The van der Waals surface area contributed by atoms with Crippen molar-refractivity contribution in [2.75, 3.05) is 17.7 Å². The summed E-state index contributed by atoms with van der Waals surface area (Å²) >= 11 is 1.80. The van der Waals surface area contributed by atoms with Crippen LogP contribution >= 0.6 is 11.8 Å². The van der Waals surface area contributed by atoms with Crippen LogP contribution in [0.1, 0.15) is 17.7 Å². The Morgan fingerprint density at radius 3 is 2.73 bits per heavy atom. The molecule has 0 bridgehead atoms. The molecule has 4 heteroatoms. The minimum atomic E-state index is 0.218. The molecule has 3 rings (SSSR count). The van der Waals surface area contributed by atoms with Crippen molar-refractivity contribution in [3.63, 3.8) is 0 Å². The van der Waals surface area contributed by atoms with Crippen LogP contribution in [-0.4, -0.2) is 23.7 Å². The minimum absolute atomic E-state index is 0.218. The maximum atomic E-state index is 12.2. The van der Waals surface area contributed by atoms with Crippen molar-refractivity contribution < 1.29 is 4.79 Å². The molecule has 2 aromatic rings. The maximum absolute atomic E-state index is 12.2. The molecule has 2 heterocycles. The van der Waals surface area contributed by atoms with E-state index in [0.717, 1.165) is 30.1 Å². The number of para-hydroxylation sites is 1. The average Bonchev–Trinajstić information content (AvgIpc) is 2.91. The molecule has 1 aliphatic rings. The van der Waals surface area contributed by atoms with Gasteiger partial charge in [0.05, 0.1) is 0 Å². The Kier molecular flexibility index (Phi) is 4.78. The Bertz CT molecular complexity index is 627. The Morgan fingerprint density at radius 1 is 1.23 bits per heavy atom. The summed E-state index contributed by atoms with van der Waals surface area (Å²) in [5.74, 6) is 1.57. The number of benzene rings is 1. The predicted octanol–water partition coefficient (Wildman–Crippen LogP) is 3.54. The van der Waals surface area contributed by atoms with Crippen LogP contribution in [0.5, 0.6) is 0 Å². The van der Waals surface area contributed by atoms with Crippen molar-refractivity contribution in [2.24, 2.45) is 5.92 Å². The first-order valence-electron chi connectivity index (χ1n) is 7.54. The van der Waals surface area contributed by atoms with Crippen LogP contribution < -0.4 is 4.90 Å². The van der Waals surface area contributed by atoms with Crippen LogP contribution in [0.3, 0.4) is 0 Å². The van der Waals surface area contributed by atoms with Gasteiger partial charge >= 0.3 is 0 Å². The molecule has 1 saturated heterocycles. The zero-order chi connectivity index (χ0) is 15.4. The number of rotatable bonds is 5. The molecular weight excluding hydrogens is 292 g/mol. The Balaban J connectivity index is 1.63. The minimum Gasteiger partial charge on any atom is -0.312 e. The molecule has 1 amide bonds. The number of nitrogens with zero attached hydrogens (tertiary/aromatic N) is 2. The SMILES string of the molecule is CSCc1ccc(CC2CC(=O)N(c3ccccc3)C2)nc1. The molecule has 0 aliphatic carbocycles. The van der Waals surface area contributed by atoms with Crippen molar-refractivity contribution in [3.05, 3.63) is 59.9 Å². The summed E-state index contributed by atoms with van der Waals surface area (Å²) in [6.07, 6.45) is 5.53. The van der Waals surface area contributed by atoms with E-state index in [1.807, 2.05) is 41.4 Å². The molecular formula is C18H20N2OS. The second-order valence-corrected chi connectivity index (χ2v) is 6.57. The fraction of sp³-hybridized carbons (Fsp3) is 0.333. The van der Waals surface area contributed by atoms with Crippen LogP contribution in [0.15, 0.2) is 48.7 Å². The van der Waals surface area contributed by atoms with Gasteiger partial charge in [-0.25, -0.2) is 0 Å². The number of aromatic nitrogens is 1. The van der Waals surface area contributed by atoms with Crippen molar-refractivity contribution in [1.29, 1.82) is 0 Å². The monoisotopic (exact) mass is 312 g/mol. The van der Waals surface area contributed by atoms with E-state index >= 15 is 0 Å². The molecule has 0 spiro atoms. The van der Waals surface area contributed by atoms with Crippen LogP contribution in [0.4, 0.5) is 5.69 Å². The van der Waals surface area contributed by atoms with Crippen LogP contribution in [0.25, 0.3) is 0 Å². The zero-order valence-corrected chi connectivity index (χ0v) is 13.6. The number of hydrogen-bond donors (Lipinski definition) is 0. The van der Waals surface area contributed by atoms with Gasteiger partial charge in [-0.1, -0.05) is 24.3 Å². The highest BCUT2D eigenvalue weighted by molar-refractivity contribution is 7.97. The largest absolute Gasteiger partial charge is 0.312 e. The van der Waals surface area contributed by atoms with E-state index in [2.05, 4.69) is 23.4 Å². The lowest BCUT2D eigenvalue weighted by molar-refractivity contribution is -0.117. The van der Waals surface area contributed by atoms with Gasteiger partial charge in [0.25, 0.3) is 0 Å². The summed E-state index contributed by atoms with van der Waals surface area (Å²) in [6.45, 7) is 0.789. The molecule has 0 saturated carbocycles. The molecule has 22 heavy (non-hydrogen) atoms. The van der Waals surface area contributed by atoms with Gasteiger partial charge in [-0.3, -0.25) is 9.78 Å². The van der Waals surface area contributed by atoms with Gasteiger partial charge < -0.3 is 4.90 Å². The zero-order valence-electron chi connectivity index (χ0n) is 12.7. The third kappa shape index (κ3) is 3.50. The lowest BCUT2D eigenvalue weighted by Crippen LogP contribution is -2.24. The predicted molar refractivity (Wildman–Crippen MR) is 92.1 cm³/mol. The third-order valence-corrected chi connectivity index (χ3v) is 4.59. The molecule has 0 N–H and O–H groups in total. The van der Waals surface area contributed by atoms with E-state index in [0.29, 0.717) is 12.3 Å². The van der Waals surface area contributed by atoms with Crippen LogP contribution in [0, 0.1) is 5.92 Å². The van der Waals surface area contributed by atoms with Gasteiger partial charge in [-0.2, -0.15) is 11.8 Å². The smallest absolute Gasteiger partial charge is 0.227 e. The lowest BCUT2D eigenvalue weighted by Gasteiger charge is -2.16. The van der Waals surface area contributed by atoms with Gasteiger partial charge in [0.15, 0.2) is 0 Å². The summed E-state index contributed by atoms with van der Waals surface area (Å²) in [4.78, 5) is 18.7. The van der Waals surface area contributed by atoms with Crippen molar-refractivity contribution in [3.8, 4) is 0 Å². The Labute approximate surface area is 135 Å². The highest BCUT2D eigenvalue weighted by Gasteiger charge is 2.30. The van der Waals surface area contributed by atoms with Crippen LogP contribution in [0.2, 0.25) is 0 Å². The number of thioether (sulfide) groups is 1. The van der Waals surface area contributed by atoms with E-state index in [1.54, 1.807) is 11.8 Å². The fourth-order valence-corrected chi connectivity index (χ4v) is 3.40. The van der Waals surface area contributed by atoms with Crippen LogP contribution in [-0.2, 0) is 17.0 Å². The Morgan fingerprint density at radius 2 is 2.05 bits per heavy atom. The van der Waals surface area contributed by atoms with E-state index < -0.39 is 0 Å². The van der Waals surface area contributed by atoms with Crippen molar-refractivity contribution >= 4 is 23.4 Å². The molecule has 1 fully saturated rings. The van der Waals surface area contributed by atoms with E-state index in [-0.39, 0.29) is 5.91 Å². The molecule has 114 valence electrons. The molecule has 3 nitrogen and oxygen atoms in total. The topological polar surface area (TPSA) is 33.2 Å². The number of carbonyl (C=O) groups excluding carboxylic acids is 1. The van der Waals surface area contributed by atoms with Crippen molar-refractivity contribution in [2.45, 2.75) is 18.6 Å². The molecule has 1 atom stereocenters. The van der Waals surface area contributed by atoms with Gasteiger partial charge in [-0.15, -0.1) is 0 Å². The standard InChI is InChI=1S/C18H20N2OS/c1-22-13-14-7-8-16(19-11-14)9-15-10-18(21)20(12-15)17-5-3-2-4-6-17/h2-8,11,15H,9-10,12-13H2,1H3. The lowest BCUT2D eigenvalue weighted by atomic mass is 10.0. The quantitative estimate of drug-likeness (QED) is 0.846. The molecule has 1 aromatic carbocycles. The Hall–Kier alpha value is -1.81. The first-order chi connectivity index (χ1) is 10.8. The maximum Gasteiger partial charge on any atom is 0.227 e. The van der Waals surface area contributed by atoms with E-state index in [4.69, 9.17) is 0 Å². The molecule has 1 aliphatic heterocycles. The highest BCUT2D eigenvalue weighted by atomic mass is 32.2. The highest BCUT2D eigenvalue weighted by Crippen LogP contribution is 2.26. The number of hydrogen-bond acceptors (Lipinski definition) is 3. The van der Waals surface area contributed by atoms with Gasteiger partial charge in [0.2, 0.25) is 5.91 Å². The number of amides is 1. The number of carbonyl (C=O) groups is 1. The van der Waals surface area contributed by atoms with Gasteiger partial charge in [0, 0.05) is 36.3 Å². The van der Waals surface area contributed by atoms with Gasteiger partial charge in [-0.05, 0) is 42.4 Å². The summed E-state index contributed by atoms with van der Waals surface area (Å²) in [7, 11) is 0. The number of anilines is 1. The average molecular weight is 312 g/mol. The van der Waals surface area contributed by atoms with Gasteiger partial charge in [0.1, 0.15) is 0 Å². The summed E-state index contributed by atoms with van der Waals surface area (Å²) < 4.78 is 0. The summed E-state index contributed by atoms with van der Waals surface area (Å²) in [6, 6.07) is 14.2.